The molecule has 0 aliphatic carbocycles. The summed E-state index contributed by atoms with van der Waals surface area (Å²) in [7, 11) is 3.95. The number of piperidine rings is 1. The Morgan fingerprint density at radius 3 is 2.69 bits per heavy atom. The molecule has 172 valence electrons. The molecule has 0 spiro atoms. The highest BCUT2D eigenvalue weighted by Gasteiger charge is 2.29. The molecule has 8 heteroatoms. The fourth-order valence-corrected chi connectivity index (χ4v) is 4.04. The lowest BCUT2D eigenvalue weighted by molar-refractivity contribution is -0.127. The Morgan fingerprint density at radius 2 is 2.06 bits per heavy atom. The second-order valence-electron chi connectivity index (χ2n) is 8.46. The number of carbonyl (C=O) groups excluding carboxylic acids is 1. The number of phenolic OH excluding ortho intramolecular Hbond substituents is 1. The van der Waals surface area contributed by atoms with Crippen LogP contribution in [-0.4, -0.2) is 76.6 Å². The largest absolute Gasteiger partial charge is 0.508 e. The van der Waals surface area contributed by atoms with Crippen molar-refractivity contribution >= 4 is 17.4 Å². The topological polar surface area (TPSA) is 97.5 Å². The van der Waals surface area contributed by atoms with Gasteiger partial charge in [0.25, 0.3) is 0 Å². The van der Waals surface area contributed by atoms with Gasteiger partial charge in [-0.05, 0) is 65.0 Å². The first kappa shape index (κ1) is 23.5. The predicted octanol–water partition coefficient (Wildman–Crippen LogP) is 3.36. The van der Waals surface area contributed by atoms with Crippen LogP contribution < -0.4 is 5.32 Å². The van der Waals surface area contributed by atoms with Crippen LogP contribution in [0.2, 0.25) is 0 Å². The van der Waals surface area contributed by atoms with Gasteiger partial charge in [-0.1, -0.05) is 6.08 Å². The van der Waals surface area contributed by atoms with Gasteiger partial charge in [0.1, 0.15) is 17.3 Å². The maximum atomic E-state index is 12.7. The zero-order valence-electron chi connectivity index (χ0n) is 19.4. The van der Waals surface area contributed by atoms with Crippen molar-refractivity contribution in [2.75, 3.05) is 45.6 Å². The van der Waals surface area contributed by atoms with Gasteiger partial charge in [-0.15, -0.1) is 0 Å². The molecule has 1 aromatic heterocycles. The lowest BCUT2D eigenvalue weighted by atomic mass is 10.0. The van der Waals surface area contributed by atoms with E-state index < -0.39 is 0 Å². The molecule has 1 fully saturated rings. The molecule has 1 aromatic carbocycles. The van der Waals surface area contributed by atoms with Gasteiger partial charge >= 0.3 is 0 Å². The Hall–Kier alpha value is -3.13. The third-order valence-electron chi connectivity index (χ3n) is 5.56. The zero-order valence-corrected chi connectivity index (χ0v) is 19.4. The minimum Gasteiger partial charge on any atom is -0.508 e. The van der Waals surface area contributed by atoms with E-state index in [0.29, 0.717) is 24.5 Å². The standard InChI is InChI=1S/C24H34N6O2/c1-5-26-24-22(17(2)25)23(18-10-12-20(31)13-11-18)27-30(24)19-8-6-15-29(16-19)21(32)9-7-14-28(3)4/h7,9-13,19,25-26,31H,5-6,8,14-16H2,1-4H3/b9-7+,25-17?. The summed E-state index contributed by atoms with van der Waals surface area (Å²) in [5.74, 6) is 1.03. The van der Waals surface area contributed by atoms with Crippen LogP contribution in [0.1, 0.15) is 38.3 Å². The van der Waals surface area contributed by atoms with Crippen LogP contribution in [0.3, 0.4) is 0 Å². The number of anilines is 1. The van der Waals surface area contributed by atoms with Crippen molar-refractivity contribution in [1.82, 2.24) is 19.6 Å². The number of nitrogens with zero attached hydrogens (tertiary/aromatic N) is 4. The number of aromatic hydroxyl groups is 1. The van der Waals surface area contributed by atoms with Crippen molar-refractivity contribution in [2.24, 2.45) is 0 Å². The summed E-state index contributed by atoms with van der Waals surface area (Å²) in [6, 6.07) is 6.91. The average molecular weight is 439 g/mol. The molecule has 3 rings (SSSR count). The Kier molecular flexibility index (Phi) is 7.69. The van der Waals surface area contributed by atoms with Gasteiger partial charge in [-0.2, -0.15) is 5.10 Å². The molecule has 32 heavy (non-hydrogen) atoms. The van der Waals surface area contributed by atoms with E-state index in [4.69, 9.17) is 10.5 Å². The van der Waals surface area contributed by atoms with E-state index in [1.807, 2.05) is 53.7 Å². The fourth-order valence-electron chi connectivity index (χ4n) is 4.04. The molecule has 1 aliphatic rings. The van der Waals surface area contributed by atoms with Crippen molar-refractivity contribution in [3.63, 3.8) is 0 Å². The van der Waals surface area contributed by atoms with Gasteiger partial charge in [0.2, 0.25) is 5.91 Å². The summed E-state index contributed by atoms with van der Waals surface area (Å²) in [5.41, 5.74) is 2.73. The van der Waals surface area contributed by atoms with Crippen LogP contribution in [0.4, 0.5) is 5.82 Å². The first-order chi connectivity index (χ1) is 15.3. The SMILES string of the molecule is CCNc1c(C(C)=N)c(-c2ccc(O)cc2)nn1C1CCCN(C(=O)/C=C/CN(C)C)C1. The number of hydrogen-bond acceptors (Lipinski definition) is 6. The summed E-state index contributed by atoms with van der Waals surface area (Å²) in [4.78, 5) is 16.6. The highest BCUT2D eigenvalue weighted by atomic mass is 16.3. The zero-order chi connectivity index (χ0) is 23.3. The smallest absolute Gasteiger partial charge is 0.246 e. The van der Waals surface area contributed by atoms with E-state index in [2.05, 4.69) is 5.32 Å². The maximum absolute atomic E-state index is 12.7. The van der Waals surface area contributed by atoms with Crippen LogP contribution in [-0.2, 0) is 4.79 Å². The van der Waals surface area contributed by atoms with E-state index in [-0.39, 0.29) is 17.7 Å². The molecular formula is C24H34N6O2. The van der Waals surface area contributed by atoms with Gasteiger partial charge in [0, 0.05) is 43.5 Å². The molecular weight excluding hydrogens is 404 g/mol. The minimum atomic E-state index is 0.0213. The van der Waals surface area contributed by atoms with E-state index in [9.17, 15) is 9.90 Å². The van der Waals surface area contributed by atoms with E-state index in [1.165, 1.54) is 0 Å². The van der Waals surface area contributed by atoms with Gasteiger partial charge in [0.05, 0.1) is 11.6 Å². The van der Waals surface area contributed by atoms with E-state index >= 15 is 0 Å². The average Bonchev–Trinajstić information content (AvgIpc) is 3.14. The number of phenols is 1. The molecule has 1 saturated heterocycles. The van der Waals surface area contributed by atoms with Gasteiger partial charge in [-0.25, -0.2) is 4.68 Å². The van der Waals surface area contributed by atoms with Crippen molar-refractivity contribution in [3.8, 4) is 17.0 Å². The summed E-state index contributed by atoms with van der Waals surface area (Å²) in [6.45, 7) is 6.52. The van der Waals surface area contributed by atoms with Crippen molar-refractivity contribution < 1.29 is 9.90 Å². The molecule has 1 atom stereocenters. The summed E-state index contributed by atoms with van der Waals surface area (Å²) in [6.07, 6.45) is 5.36. The highest BCUT2D eigenvalue weighted by Crippen LogP contribution is 2.34. The summed E-state index contributed by atoms with van der Waals surface area (Å²) >= 11 is 0. The minimum absolute atomic E-state index is 0.0213. The van der Waals surface area contributed by atoms with Crippen molar-refractivity contribution in [1.29, 1.82) is 5.41 Å². The maximum Gasteiger partial charge on any atom is 0.246 e. The second kappa shape index (κ2) is 10.5. The van der Waals surface area contributed by atoms with E-state index in [0.717, 1.165) is 42.9 Å². The van der Waals surface area contributed by atoms with Crippen molar-refractivity contribution in [3.05, 3.63) is 42.0 Å². The number of aromatic nitrogens is 2. The van der Waals surface area contributed by atoms with Gasteiger partial charge in [-0.3, -0.25) is 4.79 Å². The highest BCUT2D eigenvalue weighted by molar-refractivity contribution is 6.06. The van der Waals surface area contributed by atoms with Gasteiger partial charge in [0.15, 0.2) is 0 Å². The molecule has 0 bridgehead atoms. The number of likely N-dealkylation sites (tertiary alicyclic amines) is 1. The Labute approximate surface area is 190 Å². The third kappa shape index (κ3) is 5.37. The van der Waals surface area contributed by atoms with Crippen LogP contribution in [0, 0.1) is 5.41 Å². The number of carbonyl (C=O) groups is 1. The van der Waals surface area contributed by atoms with Crippen LogP contribution in [0.25, 0.3) is 11.3 Å². The number of likely N-dealkylation sites (N-methyl/N-ethyl adjacent to an activating group) is 1. The quantitative estimate of drug-likeness (QED) is 0.434. The Morgan fingerprint density at radius 1 is 1.34 bits per heavy atom. The van der Waals surface area contributed by atoms with E-state index in [1.54, 1.807) is 25.1 Å². The third-order valence-corrected chi connectivity index (χ3v) is 5.56. The predicted molar refractivity (Wildman–Crippen MR) is 129 cm³/mol. The molecule has 3 N–H and O–H groups in total. The lowest BCUT2D eigenvalue weighted by Gasteiger charge is -2.33. The molecule has 1 aliphatic heterocycles. The molecule has 0 saturated carbocycles. The van der Waals surface area contributed by atoms with Gasteiger partial charge < -0.3 is 25.6 Å². The van der Waals surface area contributed by atoms with Crippen LogP contribution >= 0.6 is 0 Å². The van der Waals surface area contributed by atoms with Crippen LogP contribution in [0.15, 0.2) is 36.4 Å². The second-order valence-corrected chi connectivity index (χ2v) is 8.46. The number of benzene rings is 1. The molecule has 2 heterocycles. The number of amides is 1. The Balaban J connectivity index is 1.94. The molecule has 0 radical (unpaired) electrons. The molecule has 1 unspecified atom stereocenters. The number of rotatable bonds is 8. The van der Waals surface area contributed by atoms with Crippen molar-refractivity contribution in [2.45, 2.75) is 32.7 Å². The summed E-state index contributed by atoms with van der Waals surface area (Å²) < 4.78 is 1.96. The first-order valence-corrected chi connectivity index (χ1v) is 11.1. The first-order valence-electron chi connectivity index (χ1n) is 11.1. The number of hydrogen-bond donors (Lipinski definition) is 3. The normalized spacial score (nSPS) is 16.7. The fraction of sp³-hybridized carbons (Fsp3) is 0.458. The molecule has 8 nitrogen and oxygen atoms in total. The van der Waals surface area contributed by atoms with Crippen LogP contribution in [0.5, 0.6) is 5.75 Å². The summed E-state index contributed by atoms with van der Waals surface area (Å²) in [5, 5.41) is 26.4. The Bertz CT molecular complexity index is 977. The number of nitrogens with one attached hydrogen (secondary N) is 2. The molecule has 2 aromatic rings. The molecule has 1 amide bonds. The lowest BCUT2D eigenvalue weighted by Crippen LogP contribution is -2.40. The monoisotopic (exact) mass is 438 g/mol.